The van der Waals surface area contributed by atoms with Crippen molar-refractivity contribution in [3.63, 3.8) is 0 Å². The Labute approximate surface area is 99.2 Å². The molecule has 0 aromatic heterocycles. The van der Waals surface area contributed by atoms with E-state index in [2.05, 4.69) is 11.8 Å². The summed E-state index contributed by atoms with van der Waals surface area (Å²) >= 11 is 0. The molecule has 0 atom stereocenters. The van der Waals surface area contributed by atoms with Crippen molar-refractivity contribution in [3.05, 3.63) is 11.9 Å². The number of nitrogens with zero attached hydrogens (tertiary/aromatic N) is 2. The lowest BCUT2D eigenvalue weighted by atomic mass is 10.1. The zero-order valence-corrected chi connectivity index (χ0v) is 10.5. The summed E-state index contributed by atoms with van der Waals surface area (Å²) in [6, 6.07) is 0. The molecule has 0 aromatic rings. The second-order valence-electron chi connectivity index (χ2n) is 4.59. The lowest BCUT2D eigenvalue weighted by Gasteiger charge is -2.26. The second kappa shape index (κ2) is 7.52. The molecule has 0 spiro atoms. The fraction of sp³-hybridized carbons (Fsp3) is 0.833. The number of rotatable bonds is 6. The van der Waals surface area contributed by atoms with Crippen LogP contribution in [0.2, 0.25) is 0 Å². The maximum Gasteiger partial charge on any atom is 0.0343 e. The van der Waals surface area contributed by atoms with Crippen molar-refractivity contribution in [1.82, 2.24) is 9.91 Å². The molecule has 0 radical (unpaired) electrons. The van der Waals surface area contributed by atoms with E-state index in [1.807, 2.05) is 6.20 Å². The molecule has 0 aliphatic carbocycles. The lowest BCUT2D eigenvalue weighted by Crippen LogP contribution is -2.32. The van der Waals surface area contributed by atoms with Gasteiger partial charge in [-0.1, -0.05) is 13.3 Å². The minimum Gasteiger partial charge on any atom is -0.401 e. The first-order valence-electron chi connectivity index (χ1n) is 6.42. The van der Waals surface area contributed by atoms with Gasteiger partial charge in [0.15, 0.2) is 0 Å². The summed E-state index contributed by atoms with van der Waals surface area (Å²) in [6.07, 6.45) is 7.90. The van der Waals surface area contributed by atoms with Gasteiger partial charge in [-0.2, -0.15) is 0 Å². The number of piperidine rings is 1. The van der Waals surface area contributed by atoms with E-state index in [1.54, 1.807) is 5.01 Å². The van der Waals surface area contributed by atoms with Crippen molar-refractivity contribution in [2.45, 2.75) is 39.0 Å². The summed E-state index contributed by atoms with van der Waals surface area (Å²) in [5.74, 6) is 5.76. The first-order chi connectivity index (χ1) is 7.72. The maximum atomic E-state index is 5.93. The Bertz CT molecular complexity index is 209. The van der Waals surface area contributed by atoms with Crippen LogP contribution < -0.4 is 11.6 Å². The van der Waals surface area contributed by atoms with Crippen molar-refractivity contribution in [2.75, 3.05) is 26.2 Å². The van der Waals surface area contributed by atoms with Gasteiger partial charge in [0.25, 0.3) is 0 Å². The zero-order chi connectivity index (χ0) is 11.8. The SMILES string of the molecule is CCCN(N)/C=C(\N)CCN1CCCCC1. The number of hydrazine groups is 1. The van der Waals surface area contributed by atoms with Gasteiger partial charge in [0.1, 0.15) is 0 Å². The highest BCUT2D eigenvalue weighted by Crippen LogP contribution is 2.09. The smallest absolute Gasteiger partial charge is 0.0343 e. The molecule has 4 heteroatoms. The normalized spacial score (nSPS) is 18.8. The van der Waals surface area contributed by atoms with E-state index in [-0.39, 0.29) is 0 Å². The Morgan fingerprint density at radius 2 is 2.00 bits per heavy atom. The van der Waals surface area contributed by atoms with Gasteiger partial charge in [-0.3, -0.25) is 0 Å². The van der Waals surface area contributed by atoms with Crippen molar-refractivity contribution < 1.29 is 0 Å². The summed E-state index contributed by atoms with van der Waals surface area (Å²) in [5, 5.41) is 1.69. The Balaban J connectivity index is 2.19. The van der Waals surface area contributed by atoms with Crippen LogP contribution in [0.1, 0.15) is 39.0 Å². The van der Waals surface area contributed by atoms with E-state index in [0.29, 0.717) is 0 Å². The van der Waals surface area contributed by atoms with E-state index in [0.717, 1.165) is 31.6 Å². The van der Waals surface area contributed by atoms with Crippen molar-refractivity contribution in [1.29, 1.82) is 0 Å². The Morgan fingerprint density at radius 1 is 1.31 bits per heavy atom. The molecule has 0 amide bonds. The molecule has 16 heavy (non-hydrogen) atoms. The van der Waals surface area contributed by atoms with Crippen LogP contribution in [0.4, 0.5) is 0 Å². The number of hydrogen-bond donors (Lipinski definition) is 2. The summed E-state index contributed by atoms with van der Waals surface area (Å²) < 4.78 is 0. The molecule has 1 heterocycles. The van der Waals surface area contributed by atoms with Crippen LogP contribution in [0.3, 0.4) is 0 Å². The van der Waals surface area contributed by atoms with Gasteiger partial charge in [-0.25, -0.2) is 5.84 Å². The molecule has 1 aliphatic heterocycles. The summed E-state index contributed by atoms with van der Waals surface area (Å²) in [6.45, 7) is 6.51. The molecule has 1 rings (SSSR count). The molecule has 0 saturated carbocycles. The highest BCUT2D eigenvalue weighted by atomic mass is 15.4. The standard InChI is InChI=1S/C12H26N4/c1-2-7-16(14)11-12(13)6-10-15-8-4-3-5-9-15/h11H,2-10,13-14H2,1H3/b12-11-. The van der Waals surface area contributed by atoms with Crippen LogP contribution >= 0.6 is 0 Å². The molecule has 4 nitrogen and oxygen atoms in total. The first kappa shape index (κ1) is 13.3. The average Bonchev–Trinajstić information content (AvgIpc) is 2.28. The van der Waals surface area contributed by atoms with Crippen molar-refractivity contribution >= 4 is 0 Å². The van der Waals surface area contributed by atoms with Gasteiger partial charge in [0, 0.05) is 31.4 Å². The van der Waals surface area contributed by atoms with Crippen LogP contribution in [0.25, 0.3) is 0 Å². The van der Waals surface area contributed by atoms with E-state index in [9.17, 15) is 0 Å². The average molecular weight is 226 g/mol. The molecular formula is C12H26N4. The molecule has 0 unspecified atom stereocenters. The molecule has 1 fully saturated rings. The van der Waals surface area contributed by atoms with Gasteiger partial charge in [-0.15, -0.1) is 0 Å². The lowest BCUT2D eigenvalue weighted by molar-refractivity contribution is 0.230. The van der Waals surface area contributed by atoms with Gasteiger partial charge < -0.3 is 15.6 Å². The molecule has 4 N–H and O–H groups in total. The second-order valence-corrected chi connectivity index (χ2v) is 4.59. The van der Waals surface area contributed by atoms with Crippen LogP contribution in [-0.2, 0) is 0 Å². The quantitative estimate of drug-likeness (QED) is 0.528. The monoisotopic (exact) mass is 226 g/mol. The maximum absolute atomic E-state index is 5.93. The van der Waals surface area contributed by atoms with Gasteiger partial charge in [-0.05, 0) is 32.4 Å². The van der Waals surface area contributed by atoms with Crippen molar-refractivity contribution in [2.24, 2.45) is 11.6 Å². The minimum atomic E-state index is 0.865. The summed E-state index contributed by atoms with van der Waals surface area (Å²) in [4.78, 5) is 2.49. The number of likely N-dealkylation sites (tertiary alicyclic amines) is 1. The van der Waals surface area contributed by atoms with E-state index >= 15 is 0 Å². The topological polar surface area (TPSA) is 58.5 Å². The Kier molecular flexibility index (Phi) is 6.26. The van der Waals surface area contributed by atoms with Gasteiger partial charge in [0.05, 0.1) is 0 Å². The van der Waals surface area contributed by atoms with Crippen LogP contribution in [0.5, 0.6) is 0 Å². The molecule has 0 aromatic carbocycles. The molecular weight excluding hydrogens is 200 g/mol. The van der Waals surface area contributed by atoms with Gasteiger partial charge in [0.2, 0.25) is 0 Å². The van der Waals surface area contributed by atoms with Crippen LogP contribution in [0, 0.1) is 0 Å². The molecule has 0 bridgehead atoms. The van der Waals surface area contributed by atoms with Crippen molar-refractivity contribution in [3.8, 4) is 0 Å². The third kappa shape index (κ3) is 5.37. The summed E-state index contributed by atoms with van der Waals surface area (Å²) in [5.41, 5.74) is 6.83. The first-order valence-corrected chi connectivity index (χ1v) is 6.42. The predicted molar refractivity (Wildman–Crippen MR) is 68.4 cm³/mol. The van der Waals surface area contributed by atoms with E-state index in [4.69, 9.17) is 11.6 Å². The fourth-order valence-electron chi connectivity index (χ4n) is 2.07. The van der Waals surface area contributed by atoms with Gasteiger partial charge >= 0.3 is 0 Å². The van der Waals surface area contributed by atoms with Crippen LogP contribution in [0.15, 0.2) is 11.9 Å². The minimum absolute atomic E-state index is 0.865. The Hall–Kier alpha value is -0.740. The number of nitrogens with two attached hydrogens (primary N) is 2. The highest BCUT2D eigenvalue weighted by molar-refractivity contribution is 4.95. The van der Waals surface area contributed by atoms with E-state index < -0.39 is 0 Å². The zero-order valence-electron chi connectivity index (χ0n) is 10.5. The molecule has 1 saturated heterocycles. The fourth-order valence-corrected chi connectivity index (χ4v) is 2.07. The molecule has 94 valence electrons. The number of hydrogen-bond acceptors (Lipinski definition) is 4. The largest absolute Gasteiger partial charge is 0.401 e. The Morgan fingerprint density at radius 3 is 2.62 bits per heavy atom. The predicted octanol–water partition coefficient (Wildman–Crippen LogP) is 1.25. The highest BCUT2D eigenvalue weighted by Gasteiger charge is 2.09. The third-order valence-electron chi connectivity index (χ3n) is 2.98. The molecule has 1 aliphatic rings. The summed E-state index contributed by atoms with van der Waals surface area (Å²) in [7, 11) is 0. The third-order valence-corrected chi connectivity index (χ3v) is 2.98. The van der Waals surface area contributed by atoms with E-state index in [1.165, 1.54) is 32.4 Å². The van der Waals surface area contributed by atoms with Crippen LogP contribution in [-0.4, -0.2) is 36.1 Å².